The van der Waals surface area contributed by atoms with Gasteiger partial charge in [0.25, 0.3) is 0 Å². The van der Waals surface area contributed by atoms with Crippen LogP contribution >= 0.6 is 11.3 Å². The van der Waals surface area contributed by atoms with Crippen molar-refractivity contribution in [3.05, 3.63) is 41.2 Å². The molecule has 0 radical (unpaired) electrons. The normalized spacial score (nSPS) is 20.1. The number of hydrogen-bond acceptors (Lipinski definition) is 6. The minimum Gasteiger partial charge on any atom is -0.465 e. The fraction of sp³-hybridized carbons (Fsp3) is 0.571. The lowest BCUT2D eigenvalue weighted by Gasteiger charge is -2.38. The summed E-state index contributed by atoms with van der Waals surface area (Å²) < 4.78 is 11.5. The van der Waals surface area contributed by atoms with Crippen molar-refractivity contribution >= 4 is 22.3 Å². The van der Waals surface area contributed by atoms with Crippen LogP contribution in [0, 0.1) is 6.92 Å². The highest BCUT2D eigenvalue weighted by atomic mass is 32.1. The number of aryl methyl sites for hydroxylation is 1. The van der Waals surface area contributed by atoms with E-state index < -0.39 is 0 Å². The average Bonchev–Trinajstić information content (AvgIpc) is 3.44. The molecule has 0 bridgehead atoms. The molecule has 0 spiro atoms. The fourth-order valence-corrected chi connectivity index (χ4v) is 4.83. The van der Waals surface area contributed by atoms with Crippen molar-refractivity contribution in [2.45, 2.75) is 13.0 Å². The number of piperazine rings is 1. The molecule has 1 atom stereocenters. The molecule has 0 amide bonds. The van der Waals surface area contributed by atoms with Gasteiger partial charge in [0, 0.05) is 52.9 Å². The lowest BCUT2D eigenvalue weighted by molar-refractivity contribution is 0.0123. The van der Waals surface area contributed by atoms with Crippen LogP contribution in [0.3, 0.4) is 0 Å². The van der Waals surface area contributed by atoms with E-state index in [9.17, 15) is 0 Å². The Hall–Kier alpha value is -2.03. The monoisotopic (exact) mass is 417 g/mol. The summed E-state index contributed by atoms with van der Waals surface area (Å²) in [6.45, 7) is 10.1. The van der Waals surface area contributed by atoms with Gasteiger partial charge in [0.2, 0.25) is 0 Å². The summed E-state index contributed by atoms with van der Waals surface area (Å²) in [5.74, 6) is 2.93. The lowest BCUT2D eigenvalue weighted by Crippen LogP contribution is -2.53. The number of thiophene rings is 1. The van der Waals surface area contributed by atoms with Crippen molar-refractivity contribution in [3.8, 4) is 0 Å². The predicted octanol–water partition coefficient (Wildman–Crippen LogP) is 2.42. The first kappa shape index (κ1) is 20.3. The third-order valence-electron chi connectivity index (χ3n) is 5.64. The van der Waals surface area contributed by atoms with Gasteiger partial charge in [0.1, 0.15) is 11.5 Å². The van der Waals surface area contributed by atoms with E-state index in [2.05, 4.69) is 48.6 Å². The zero-order valence-corrected chi connectivity index (χ0v) is 18.2. The molecule has 2 saturated heterocycles. The smallest absolute Gasteiger partial charge is 0.193 e. The molecule has 0 saturated carbocycles. The molecule has 4 rings (SSSR count). The van der Waals surface area contributed by atoms with Crippen molar-refractivity contribution in [3.63, 3.8) is 0 Å². The van der Waals surface area contributed by atoms with E-state index in [0.717, 1.165) is 76.5 Å². The van der Waals surface area contributed by atoms with E-state index in [4.69, 9.17) is 9.15 Å². The second-order valence-electron chi connectivity index (χ2n) is 7.47. The Morgan fingerprint density at radius 1 is 1.14 bits per heavy atom. The standard InChI is InChI=1S/C21H31N5O2S/c1-17-5-6-19(28-17)18(24-11-13-27-14-12-24)16-23-21(22-2)26-9-7-25(8-10-26)20-4-3-15-29-20/h3-6,15,18H,7-14,16H2,1-2H3,(H,22,23). The Morgan fingerprint density at radius 3 is 2.55 bits per heavy atom. The third kappa shape index (κ3) is 4.94. The maximum Gasteiger partial charge on any atom is 0.193 e. The summed E-state index contributed by atoms with van der Waals surface area (Å²) in [4.78, 5) is 11.8. The van der Waals surface area contributed by atoms with Gasteiger partial charge in [-0.3, -0.25) is 9.89 Å². The van der Waals surface area contributed by atoms with Gasteiger partial charge in [-0.2, -0.15) is 0 Å². The SMILES string of the molecule is CN=C(NCC(c1ccc(C)o1)N1CCOCC1)N1CCN(c2cccs2)CC1. The molecule has 2 fully saturated rings. The second-order valence-corrected chi connectivity index (χ2v) is 8.39. The summed E-state index contributed by atoms with van der Waals surface area (Å²) in [7, 11) is 1.87. The van der Waals surface area contributed by atoms with Crippen molar-refractivity contribution in [1.82, 2.24) is 15.1 Å². The Kier molecular flexibility index (Phi) is 6.74. The Balaban J connectivity index is 1.37. The van der Waals surface area contributed by atoms with Crippen molar-refractivity contribution in [2.75, 3.05) is 71.0 Å². The third-order valence-corrected chi connectivity index (χ3v) is 6.57. The zero-order chi connectivity index (χ0) is 20.1. The van der Waals surface area contributed by atoms with Crippen LogP contribution in [0.2, 0.25) is 0 Å². The average molecular weight is 418 g/mol. The van der Waals surface area contributed by atoms with Crippen molar-refractivity contribution in [2.24, 2.45) is 4.99 Å². The number of nitrogens with zero attached hydrogens (tertiary/aromatic N) is 4. The van der Waals surface area contributed by atoms with Crippen LogP contribution in [0.5, 0.6) is 0 Å². The van der Waals surface area contributed by atoms with E-state index in [-0.39, 0.29) is 6.04 Å². The Morgan fingerprint density at radius 2 is 1.93 bits per heavy atom. The quantitative estimate of drug-likeness (QED) is 0.596. The highest BCUT2D eigenvalue weighted by molar-refractivity contribution is 7.14. The van der Waals surface area contributed by atoms with Crippen LogP contribution in [0.25, 0.3) is 0 Å². The van der Waals surface area contributed by atoms with Crippen molar-refractivity contribution < 1.29 is 9.15 Å². The molecule has 2 aliphatic rings. The molecule has 8 heteroatoms. The first-order valence-electron chi connectivity index (χ1n) is 10.4. The fourth-order valence-electron chi connectivity index (χ4n) is 4.04. The highest BCUT2D eigenvalue weighted by Gasteiger charge is 2.27. The van der Waals surface area contributed by atoms with E-state index >= 15 is 0 Å². The Labute approximate surface area is 176 Å². The molecule has 0 aromatic carbocycles. The lowest BCUT2D eigenvalue weighted by atomic mass is 10.1. The second kappa shape index (κ2) is 9.65. The first-order valence-corrected chi connectivity index (χ1v) is 11.2. The van der Waals surface area contributed by atoms with E-state index in [1.807, 2.05) is 31.4 Å². The van der Waals surface area contributed by atoms with Crippen LogP contribution < -0.4 is 10.2 Å². The summed E-state index contributed by atoms with van der Waals surface area (Å²) in [5, 5.41) is 7.11. The van der Waals surface area contributed by atoms with Gasteiger partial charge in [-0.1, -0.05) is 0 Å². The molecule has 158 valence electrons. The number of nitrogens with one attached hydrogen (secondary N) is 1. The van der Waals surface area contributed by atoms with Gasteiger partial charge >= 0.3 is 0 Å². The van der Waals surface area contributed by atoms with Gasteiger partial charge in [-0.25, -0.2) is 0 Å². The van der Waals surface area contributed by atoms with Gasteiger partial charge in [-0.05, 0) is 36.6 Å². The van der Waals surface area contributed by atoms with E-state index in [1.54, 1.807) is 0 Å². The predicted molar refractivity (Wildman–Crippen MR) is 118 cm³/mol. The van der Waals surface area contributed by atoms with Crippen LogP contribution in [0.15, 0.2) is 39.1 Å². The first-order chi connectivity index (χ1) is 14.2. The number of hydrogen-bond donors (Lipinski definition) is 1. The molecule has 2 aliphatic heterocycles. The number of anilines is 1. The maximum atomic E-state index is 5.98. The van der Waals surface area contributed by atoms with Gasteiger partial charge in [0.15, 0.2) is 5.96 Å². The highest BCUT2D eigenvalue weighted by Crippen LogP contribution is 2.24. The summed E-state index contributed by atoms with van der Waals surface area (Å²) in [6, 6.07) is 8.64. The molecule has 2 aromatic heterocycles. The molecule has 7 nitrogen and oxygen atoms in total. The topological polar surface area (TPSA) is 56.5 Å². The molecule has 0 aliphatic carbocycles. The summed E-state index contributed by atoms with van der Waals surface area (Å²) in [5.41, 5.74) is 0. The molecule has 4 heterocycles. The van der Waals surface area contributed by atoms with Crippen LogP contribution in [-0.4, -0.2) is 81.8 Å². The zero-order valence-electron chi connectivity index (χ0n) is 17.3. The number of ether oxygens (including phenoxy) is 1. The summed E-state index contributed by atoms with van der Waals surface area (Å²) in [6.07, 6.45) is 0. The van der Waals surface area contributed by atoms with E-state index in [1.165, 1.54) is 5.00 Å². The molecular formula is C21H31N5O2S. The molecular weight excluding hydrogens is 386 g/mol. The maximum absolute atomic E-state index is 5.98. The molecule has 29 heavy (non-hydrogen) atoms. The van der Waals surface area contributed by atoms with Gasteiger partial charge in [0.05, 0.1) is 24.3 Å². The minimum absolute atomic E-state index is 0.178. The molecule has 1 N–H and O–H groups in total. The number of furan rings is 1. The number of rotatable bonds is 5. The Bertz CT molecular complexity index is 777. The summed E-state index contributed by atoms with van der Waals surface area (Å²) >= 11 is 1.81. The molecule has 1 unspecified atom stereocenters. The van der Waals surface area contributed by atoms with Gasteiger partial charge in [-0.15, -0.1) is 11.3 Å². The van der Waals surface area contributed by atoms with Crippen LogP contribution in [0.4, 0.5) is 5.00 Å². The minimum atomic E-state index is 0.178. The van der Waals surface area contributed by atoms with Crippen LogP contribution in [-0.2, 0) is 4.74 Å². The number of morpholine rings is 1. The number of aliphatic imine (C=N–C) groups is 1. The number of guanidine groups is 1. The van der Waals surface area contributed by atoms with Crippen molar-refractivity contribution in [1.29, 1.82) is 0 Å². The molecule has 2 aromatic rings. The van der Waals surface area contributed by atoms with Gasteiger partial charge < -0.3 is 24.3 Å². The van der Waals surface area contributed by atoms with Crippen LogP contribution in [0.1, 0.15) is 17.6 Å². The largest absolute Gasteiger partial charge is 0.465 e. The van der Waals surface area contributed by atoms with E-state index in [0.29, 0.717) is 0 Å².